The minimum atomic E-state index is -0.600. The summed E-state index contributed by atoms with van der Waals surface area (Å²) in [6.07, 6.45) is 0. The lowest BCUT2D eigenvalue weighted by atomic mass is 10.2. The van der Waals surface area contributed by atoms with Crippen LogP contribution in [0, 0.1) is 5.82 Å². The number of hydrogen-bond acceptors (Lipinski definition) is 4. The smallest absolute Gasteiger partial charge is 0.338 e. The van der Waals surface area contributed by atoms with E-state index in [1.165, 1.54) is 18.2 Å². The minimum Gasteiger partial charge on any atom is -0.484 e. The van der Waals surface area contributed by atoms with Gasteiger partial charge in [-0.2, -0.15) is 0 Å². The molecule has 0 saturated heterocycles. The molecule has 1 amide bonds. The van der Waals surface area contributed by atoms with Gasteiger partial charge in [0, 0.05) is 5.02 Å². The van der Waals surface area contributed by atoms with Gasteiger partial charge in [-0.25, -0.2) is 9.18 Å². The topological polar surface area (TPSA) is 64.6 Å². The standard InChI is InChI=1S/C17H15ClFNO4/c1-2-23-17(22)11-4-3-5-13(8-11)24-10-16(21)20-15-9-12(18)6-7-14(15)19/h3-9H,2,10H2,1H3,(H,20,21). The highest BCUT2D eigenvalue weighted by atomic mass is 35.5. The molecule has 2 aromatic carbocycles. The molecule has 7 heteroatoms. The molecule has 0 fully saturated rings. The summed E-state index contributed by atoms with van der Waals surface area (Å²) in [6.45, 7) is 1.62. The van der Waals surface area contributed by atoms with E-state index in [0.717, 1.165) is 6.07 Å². The van der Waals surface area contributed by atoms with Gasteiger partial charge in [-0.05, 0) is 43.3 Å². The van der Waals surface area contributed by atoms with Crippen LogP contribution in [0.5, 0.6) is 5.75 Å². The second kappa shape index (κ2) is 8.31. The Labute approximate surface area is 143 Å². The highest BCUT2D eigenvalue weighted by molar-refractivity contribution is 6.30. The Morgan fingerprint density at radius 1 is 1.21 bits per heavy atom. The Bertz CT molecular complexity index is 751. The molecule has 0 saturated carbocycles. The summed E-state index contributed by atoms with van der Waals surface area (Å²) in [7, 11) is 0. The lowest BCUT2D eigenvalue weighted by Crippen LogP contribution is -2.21. The van der Waals surface area contributed by atoms with Crippen molar-refractivity contribution in [2.24, 2.45) is 0 Å². The first kappa shape index (κ1) is 17.7. The van der Waals surface area contributed by atoms with Crippen LogP contribution in [0.2, 0.25) is 5.02 Å². The lowest BCUT2D eigenvalue weighted by Gasteiger charge is -2.09. The van der Waals surface area contributed by atoms with Gasteiger partial charge < -0.3 is 14.8 Å². The zero-order valence-corrected chi connectivity index (χ0v) is 13.6. The molecule has 0 radical (unpaired) electrons. The predicted molar refractivity (Wildman–Crippen MR) is 87.9 cm³/mol. The lowest BCUT2D eigenvalue weighted by molar-refractivity contribution is -0.118. The monoisotopic (exact) mass is 351 g/mol. The van der Waals surface area contributed by atoms with Gasteiger partial charge >= 0.3 is 5.97 Å². The van der Waals surface area contributed by atoms with Crippen molar-refractivity contribution in [3.63, 3.8) is 0 Å². The number of ether oxygens (including phenoxy) is 2. The van der Waals surface area contributed by atoms with E-state index in [-0.39, 0.29) is 18.9 Å². The van der Waals surface area contributed by atoms with E-state index in [1.807, 2.05) is 0 Å². The van der Waals surface area contributed by atoms with Gasteiger partial charge in [0.25, 0.3) is 5.91 Å². The first-order valence-corrected chi connectivity index (χ1v) is 7.52. The van der Waals surface area contributed by atoms with Crippen LogP contribution in [0.25, 0.3) is 0 Å². The largest absolute Gasteiger partial charge is 0.484 e. The summed E-state index contributed by atoms with van der Waals surface area (Å²) < 4.78 is 23.7. The molecule has 0 bridgehead atoms. The number of esters is 1. The number of carbonyl (C=O) groups is 2. The fourth-order valence-electron chi connectivity index (χ4n) is 1.86. The third kappa shape index (κ3) is 4.96. The summed E-state index contributed by atoms with van der Waals surface area (Å²) in [5.41, 5.74) is 0.284. The van der Waals surface area contributed by atoms with Crippen molar-refractivity contribution in [3.8, 4) is 5.75 Å². The van der Waals surface area contributed by atoms with Crippen molar-refractivity contribution in [2.75, 3.05) is 18.5 Å². The number of rotatable bonds is 6. The van der Waals surface area contributed by atoms with E-state index in [2.05, 4.69) is 5.32 Å². The van der Waals surface area contributed by atoms with Crippen LogP contribution in [0.4, 0.5) is 10.1 Å². The zero-order chi connectivity index (χ0) is 17.5. The Hall–Kier alpha value is -2.60. The summed E-state index contributed by atoms with van der Waals surface area (Å²) in [6, 6.07) is 10.1. The summed E-state index contributed by atoms with van der Waals surface area (Å²) >= 11 is 5.75. The second-order valence-corrected chi connectivity index (χ2v) is 5.15. The van der Waals surface area contributed by atoms with E-state index < -0.39 is 17.7 Å². The molecule has 0 heterocycles. The molecule has 1 N–H and O–H groups in total. The molecule has 2 rings (SSSR count). The van der Waals surface area contributed by atoms with Gasteiger partial charge in [0.1, 0.15) is 11.6 Å². The van der Waals surface area contributed by atoms with Gasteiger partial charge in [0.2, 0.25) is 0 Å². The molecular weight excluding hydrogens is 337 g/mol. The fourth-order valence-corrected chi connectivity index (χ4v) is 2.03. The normalized spacial score (nSPS) is 10.1. The Balaban J connectivity index is 1.95. The first-order chi connectivity index (χ1) is 11.5. The molecular formula is C17H15ClFNO4. The number of carbonyl (C=O) groups excluding carboxylic acids is 2. The fraction of sp³-hybridized carbons (Fsp3) is 0.176. The van der Waals surface area contributed by atoms with Crippen LogP contribution < -0.4 is 10.1 Å². The minimum absolute atomic E-state index is 0.0311. The molecule has 0 aliphatic heterocycles. The molecule has 126 valence electrons. The number of halogens is 2. The van der Waals surface area contributed by atoms with Gasteiger partial charge in [0.05, 0.1) is 17.9 Å². The summed E-state index contributed by atoms with van der Waals surface area (Å²) in [4.78, 5) is 23.5. The van der Waals surface area contributed by atoms with Crippen molar-refractivity contribution in [1.29, 1.82) is 0 Å². The number of hydrogen-bond donors (Lipinski definition) is 1. The predicted octanol–water partition coefficient (Wildman–Crippen LogP) is 3.67. The molecule has 2 aromatic rings. The molecule has 0 aliphatic rings. The van der Waals surface area contributed by atoms with Crippen LogP contribution in [0.3, 0.4) is 0 Å². The average molecular weight is 352 g/mol. The molecule has 24 heavy (non-hydrogen) atoms. The van der Waals surface area contributed by atoms with Crippen LogP contribution in [0.15, 0.2) is 42.5 Å². The summed E-state index contributed by atoms with van der Waals surface area (Å²) in [5.74, 6) is -1.31. The number of nitrogens with one attached hydrogen (secondary N) is 1. The highest BCUT2D eigenvalue weighted by Gasteiger charge is 2.10. The van der Waals surface area contributed by atoms with Crippen LogP contribution >= 0.6 is 11.6 Å². The highest BCUT2D eigenvalue weighted by Crippen LogP contribution is 2.19. The third-order valence-corrected chi connectivity index (χ3v) is 3.15. The van der Waals surface area contributed by atoms with Gasteiger partial charge in [0.15, 0.2) is 6.61 Å². The Morgan fingerprint density at radius 3 is 2.75 bits per heavy atom. The SMILES string of the molecule is CCOC(=O)c1cccc(OCC(=O)Nc2cc(Cl)ccc2F)c1. The van der Waals surface area contributed by atoms with Crippen LogP contribution in [-0.2, 0) is 9.53 Å². The molecule has 0 spiro atoms. The number of amides is 1. The van der Waals surface area contributed by atoms with Crippen molar-refractivity contribution in [3.05, 3.63) is 58.9 Å². The van der Waals surface area contributed by atoms with E-state index in [4.69, 9.17) is 21.1 Å². The van der Waals surface area contributed by atoms with Gasteiger partial charge in [-0.1, -0.05) is 17.7 Å². The van der Waals surface area contributed by atoms with Gasteiger partial charge in [-0.3, -0.25) is 4.79 Å². The summed E-state index contributed by atoms with van der Waals surface area (Å²) in [5, 5.41) is 2.66. The van der Waals surface area contributed by atoms with Crippen molar-refractivity contribution < 1.29 is 23.5 Å². The van der Waals surface area contributed by atoms with Crippen LogP contribution in [-0.4, -0.2) is 25.1 Å². The quantitative estimate of drug-likeness (QED) is 0.806. The maximum atomic E-state index is 13.5. The maximum Gasteiger partial charge on any atom is 0.338 e. The number of benzene rings is 2. The molecule has 0 unspecified atom stereocenters. The average Bonchev–Trinajstić information content (AvgIpc) is 2.57. The Kier molecular flexibility index (Phi) is 6.14. The molecule has 0 atom stereocenters. The zero-order valence-electron chi connectivity index (χ0n) is 12.8. The van der Waals surface area contributed by atoms with Crippen molar-refractivity contribution >= 4 is 29.2 Å². The number of anilines is 1. The Morgan fingerprint density at radius 2 is 2.00 bits per heavy atom. The van der Waals surface area contributed by atoms with E-state index >= 15 is 0 Å². The maximum absolute atomic E-state index is 13.5. The van der Waals surface area contributed by atoms with E-state index in [0.29, 0.717) is 16.3 Å². The third-order valence-electron chi connectivity index (χ3n) is 2.92. The van der Waals surface area contributed by atoms with E-state index in [9.17, 15) is 14.0 Å². The molecule has 5 nitrogen and oxygen atoms in total. The molecule has 0 aromatic heterocycles. The van der Waals surface area contributed by atoms with Gasteiger partial charge in [-0.15, -0.1) is 0 Å². The van der Waals surface area contributed by atoms with E-state index in [1.54, 1.807) is 25.1 Å². The molecule has 0 aliphatic carbocycles. The second-order valence-electron chi connectivity index (χ2n) is 4.71. The van der Waals surface area contributed by atoms with Crippen molar-refractivity contribution in [2.45, 2.75) is 6.92 Å². The first-order valence-electron chi connectivity index (χ1n) is 7.14. The van der Waals surface area contributed by atoms with Crippen LogP contribution in [0.1, 0.15) is 17.3 Å². The van der Waals surface area contributed by atoms with Crippen molar-refractivity contribution in [1.82, 2.24) is 0 Å².